The molecule has 0 aliphatic rings. The number of methoxy groups -OCH3 is 1. The molecule has 0 aliphatic heterocycles. The fraction of sp³-hybridized carbons (Fsp3) is 0.529. The predicted molar refractivity (Wildman–Crippen MR) is 90.4 cm³/mol. The Kier molecular flexibility index (Phi) is 7.54. The normalized spacial score (nSPS) is 12.1. The van der Waals surface area contributed by atoms with E-state index in [1.807, 2.05) is 57.0 Å². The Morgan fingerprint density at radius 2 is 1.87 bits per heavy atom. The van der Waals surface area contributed by atoms with Gasteiger partial charge in [0.2, 0.25) is 5.91 Å². The van der Waals surface area contributed by atoms with E-state index in [0.717, 1.165) is 11.3 Å². The molecule has 0 radical (unpaired) electrons. The zero-order chi connectivity index (χ0) is 17.4. The molecule has 1 atom stereocenters. The summed E-state index contributed by atoms with van der Waals surface area (Å²) < 4.78 is 5.35. The third kappa shape index (κ3) is 6.28. The van der Waals surface area contributed by atoms with Gasteiger partial charge in [-0.25, -0.2) is 4.79 Å². The van der Waals surface area contributed by atoms with Gasteiger partial charge in [0.25, 0.3) is 0 Å². The Morgan fingerprint density at radius 3 is 2.48 bits per heavy atom. The largest absolute Gasteiger partial charge is 0.496 e. The lowest BCUT2D eigenvalue weighted by Crippen LogP contribution is -2.45. The second kappa shape index (κ2) is 9.15. The van der Waals surface area contributed by atoms with Crippen molar-refractivity contribution in [3.63, 3.8) is 0 Å². The van der Waals surface area contributed by atoms with Crippen molar-refractivity contribution in [3.8, 4) is 5.75 Å². The number of likely N-dealkylation sites (N-methyl/N-ethyl adjacent to an activating group) is 1. The molecule has 23 heavy (non-hydrogen) atoms. The van der Waals surface area contributed by atoms with Crippen molar-refractivity contribution in [2.24, 2.45) is 5.92 Å². The molecule has 6 nitrogen and oxygen atoms in total. The van der Waals surface area contributed by atoms with Crippen molar-refractivity contribution in [1.29, 1.82) is 0 Å². The van der Waals surface area contributed by atoms with E-state index in [4.69, 9.17) is 4.74 Å². The number of amides is 3. The molecule has 1 aromatic rings. The van der Waals surface area contributed by atoms with Gasteiger partial charge >= 0.3 is 6.03 Å². The molecule has 0 saturated carbocycles. The standard InChI is InChI=1S/C17H27N3O3/c1-12(2)10-18-17(22)19-16(21)11-20(4)13(3)14-8-6-7-9-15(14)23-5/h6-9,12-13H,10-11H2,1-5H3,(H2,18,19,21,22). The number of imide groups is 1. The maximum absolute atomic E-state index is 12.0. The van der Waals surface area contributed by atoms with Crippen LogP contribution in [-0.4, -0.2) is 44.1 Å². The lowest BCUT2D eigenvalue weighted by Gasteiger charge is -2.25. The first kappa shape index (κ1) is 19.0. The summed E-state index contributed by atoms with van der Waals surface area (Å²) >= 11 is 0. The van der Waals surface area contributed by atoms with Crippen molar-refractivity contribution in [2.75, 3.05) is 27.2 Å². The van der Waals surface area contributed by atoms with Crippen LogP contribution in [0, 0.1) is 5.92 Å². The molecular weight excluding hydrogens is 294 g/mol. The molecule has 128 valence electrons. The monoisotopic (exact) mass is 321 g/mol. The van der Waals surface area contributed by atoms with Crippen molar-refractivity contribution < 1.29 is 14.3 Å². The van der Waals surface area contributed by atoms with Crippen molar-refractivity contribution in [2.45, 2.75) is 26.8 Å². The number of rotatable bonds is 7. The highest BCUT2D eigenvalue weighted by Gasteiger charge is 2.18. The van der Waals surface area contributed by atoms with Gasteiger partial charge < -0.3 is 10.1 Å². The third-order valence-electron chi connectivity index (χ3n) is 3.57. The Morgan fingerprint density at radius 1 is 1.22 bits per heavy atom. The van der Waals surface area contributed by atoms with E-state index < -0.39 is 6.03 Å². The topological polar surface area (TPSA) is 70.7 Å². The maximum Gasteiger partial charge on any atom is 0.321 e. The minimum atomic E-state index is -0.456. The average Bonchev–Trinajstić information content (AvgIpc) is 2.51. The summed E-state index contributed by atoms with van der Waals surface area (Å²) in [4.78, 5) is 25.4. The van der Waals surface area contributed by atoms with Crippen molar-refractivity contribution in [1.82, 2.24) is 15.5 Å². The van der Waals surface area contributed by atoms with Gasteiger partial charge in [0.05, 0.1) is 13.7 Å². The number of nitrogens with zero attached hydrogens (tertiary/aromatic N) is 1. The second-order valence-corrected chi connectivity index (χ2v) is 5.99. The fourth-order valence-corrected chi connectivity index (χ4v) is 2.12. The molecule has 3 amide bonds. The van der Waals surface area contributed by atoms with Crippen LogP contribution in [-0.2, 0) is 4.79 Å². The SMILES string of the molecule is COc1ccccc1C(C)N(C)CC(=O)NC(=O)NCC(C)C. The van der Waals surface area contributed by atoms with Gasteiger partial charge in [-0.1, -0.05) is 32.0 Å². The summed E-state index contributed by atoms with van der Waals surface area (Å²) in [6, 6.07) is 7.21. The first-order valence-corrected chi connectivity index (χ1v) is 7.76. The highest BCUT2D eigenvalue weighted by molar-refractivity contribution is 5.95. The first-order valence-electron chi connectivity index (χ1n) is 7.76. The summed E-state index contributed by atoms with van der Waals surface area (Å²) in [5.41, 5.74) is 0.995. The van der Waals surface area contributed by atoms with Crippen LogP contribution in [0.25, 0.3) is 0 Å². The van der Waals surface area contributed by atoms with Crippen LogP contribution < -0.4 is 15.4 Å². The highest BCUT2D eigenvalue weighted by Crippen LogP contribution is 2.27. The van der Waals surface area contributed by atoms with Gasteiger partial charge in [-0.2, -0.15) is 0 Å². The Balaban J connectivity index is 2.56. The molecule has 1 rings (SSSR count). The molecule has 0 heterocycles. The summed E-state index contributed by atoms with van der Waals surface area (Å²) in [5, 5.41) is 5.00. The summed E-state index contributed by atoms with van der Waals surface area (Å²) in [5.74, 6) is 0.779. The number of para-hydroxylation sites is 1. The Hall–Kier alpha value is -2.08. The lowest BCUT2D eigenvalue weighted by atomic mass is 10.1. The maximum atomic E-state index is 12.0. The molecule has 0 spiro atoms. The molecule has 0 fully saturated rings. The number of carbonyl (C=O) groups is 2. The smallest absolute Gasteiger partial charge is 0.321 e. The summed E-state index contributed by atoms with van der Waals surface area (Å²) in [6.45, 7) is 6.63. The van der Waals surface area contributed by atoms with E-state index in [0.29, 0.717) is 12.5 Å². The van der Waals surface area contributed by atoms with Crippen LogP contribution >= 0.6 is 0 Å². The van der Waals surface area contributed by atoms with E-state index in [1.165, 1.54) is 0 Å². The van der Waals surface area contributed by atoms with Crippen LogP contribution in [0.1, 0.15) is 32.4 Å². The van der Waals surface area contributed by atoms with Gasteiger partial charge in [0.1, 0.15) is 5.75 Å². The molecule has 0 bridgehead atoms. The van der Waals surface area contributed by atoms with Gasteiger partial charge in [0, 0.05) is 18.2 Å². The van der Waals surface area contributed by atoms with Crippen LogP contribution in [0.3, 0.4) is 0 Å². The first-order chi connectivity index (χ1) is 10.8. The summed E-state index contributed by atoms with van der Waals surface area (Å²) in [7, 11) is 3.46. The fourth-order valence-electron chi connectivity index (χ4n) is 2.12. The Bertz CT molecular complexity index is 532. The average molecular weight is 321 g/mol. The minimum Gasteiger partial charge on any atom is -0.496 e. The van der Waals surface area contributed by atoms with Crippen molar-refractivity contribution in [3.05, 3.63) is 29.8 Å². The number of hydrogen-bond acceptors (Lipinski definition) is 4. The minimum absolute atomic E-state index is 0.0179. The third-order valence-corrected chi connectivity index (χ3v) is 3.57. The second-order valence-electron chi connectivity index (χ2n) is 5.99. The van der Waals surface area contributed by atoms with E-state index in [9.17, 15) is 9.59 Å². The van der Waals surface area contributed by atoms with Crippen LogP contribution in [0.15, 0.2) is 24.3 Å². The number of carbonyl (C=O) groups excluding carboxylic acids is 2. The number of nitrogens with one attached hydrogen (secondary N) is 2. The molecule has 6 heteroatoms. The zero-order valence-corrected chi connectivity index (χ0v) is 14.6. The number of urea groups is 1. The number of hydrogen-bond donors (Lipinski definition) is 2. The molecule has 1 aromatic carbocycles. The predicted octanol–water partition coefficient (Wildman–Crippen LogP) is 2.17. The summed E-state index contributed by atoms with van der Waals surface area (Å²) in [6.07, 6.45) is 0. The van der Waals surface area contributed by atoms with Crippen LogP contribution in [0.5, 0.6) is 5.75 Å². The zero-order valence-electron chi connectivity index (χ0n) is 14.6. The molecule has 1 unspecified atom stereocenters. The van der Waals surface area contributed by atoms with Gasteiger partial charge in [-0.3, -0.25) is 15.0 Å². The molecule has 0 aliphatic carbocycles. The van der Waals surface area contributed by atoms with Gasteiger partial charge in [0.15, 0.2) is 0 Å². The van der Waals surface area contributed by atoms with E-state index in [2.05, 4.69) is 10.6 Å². The molecular formula is C17H27N3O3. The van der Waals surface area contributed by atoms with E-state index in [-0.39, 0.29) is 18.5 Å². The quantitative estimate of drug-likeness (QED) is 0.807. The lowest BCUT2D eigenvalue weighted by molar-refractivity contribution is -0.121. The molecule has 0 aromatic heterocycles. The van der Waals surface area contributed by atoms with E-state index >= 15 is 0 Å². The highest BCUT2D eigenvalue weighted by atomic mass is 16.5. The van der Waals surface area contributed by atoms with Crippen LogP contribution in [0.4, 0.5) is 4.79 Å². The van der Waals surface area contributed by atoms with Gasteiger partial charge in [-0.15, -0.1) is 0 Å². The van der Waals surface area contributed by atoms with Crippen molar-refractivity contribution >= 4 is 11.9 Å². The Labute approximate surface area is 138 Å². The molecule has 2 N–H and O–H groups in total. The van der Waals surface area contributed by atoms with E-state index in [1.54, 1.807) is 7.11 Å². The van der Waals surface area contributed by atoms with Gasteiger partial charge in [-0.05, 0) is 26.0 Å². The van der Waals surface area contributed by atoms with Crippen LogP contribution in [0.2, 0.25) is 0 Å². The molecule has 0 saturated heterocycles. The number of ether oxygens (including phenoxy) is 1. The number of benzene rings is 1.